The highest BCUT2D eigenvalue weighted by molar-refractivity contribution is 6.29. The van der Waals surface area contributed by atoms with Crippen LogP contribution in [0.25, 0.3) is 0 Å². The van der Waals surface area contributed by atoms with Crippen LogP contribution in [0, 0.1) is 0 Å². The molecule has 13 heavy (non-hydrogen) atoms. The molecule has 0 atom stereocenters. The molecule has 0 unspecified atom stereocenters. The van der Waals surface area contributed by atoms with Gasteiger partial charge in [-0.15, -0.1) is 0 Å². The largest absolute Gasteiger partial charge is 0.292 e. The summed E-state index contributed by atoms with van der Waals surface area (Å²) in [4.78, 5) is 9.92. The molecule has 2 heterocycles. The SMILES string of the molecule is FC1CN(Cc2cncc(Cl)n2)C1. The van der Waals surface area contributed by atoms with Crippen LogP contribution < -0.4 is 0 Å². The van der Waals surface area contributed by atoms with Gasteiger partial charge in [-0.3, -0.25) is 9.88 Å². The summed E-state index contributed by atoms with van der Waals surface area (Å²) >= 11 is 5.65. The number of hydrogen-bond donors (Lipinski definition) is 0. The van der Waals surface area contributed by atoms with Crippen molar-refractivity contribution in [1.29, 1.82) is 0 Å². The fourth-order valence-electron chi connectivity index (χ4n) is 1.32. The monoisotopic (exact) mass is 201 g/mol. The lowest BCUT2D eigenvalue weighted by atomic mass is 10.2. The number of aromatic nitrogens is 2. The Bertz CT molecular complexity index is 301. The van der Waals surface area contributed by atoms with Gasteiger partial charge in [-0.1, -0.05) is 11.6 Å². The fourth-order valence-corrected chi connectivity index (χ4v) is 1.49. The average Bonchev–Trinajstić information content (AvgIpc) is 2.01. The highest BCUT2D eigenvalue weighted by Gasteiger charge is 2.26. The number of likely N-dealkylation sites (tertiary alicyclic amines) is 1. The Morgan fingerprint density at radius 3 is 2.92 bits per heavy atom. The first kappa shape index (κ1) is 8.84. The molecule has 1 aromatic heterocycles. The molecule has 0 radical (unpaired) electrons. The van der Waals surface area contributed by atoms with E-state index in [9.17, 15) is 4.39 Å². The summed E-state index contributed by atoms with van der Waals surface area (Å²) in [6.45, 7) is 1.62. The second-order valence-electron chi connectivity index (χ2n) is 3.12. The molecular formula is C8H9ClFN3. The normalized spacial score (nSPS) is 18.6. The molecule has 5 heteroatoms. The van der Waals surface area contributed by atoms with Crippen LogP contribution in [0.2, 0.25) is 5.15 Å². The Balaban J connectivity index is 1.94. The first-order valence-corrected chi connectivity index (χ1v) is 4.44. The maximum Gasteiger partial charge on any atom is 0.147 e. The summed E-state index contributed by atoms with van der Waals surface area (Å²) in [6, 6.07) is 0. The molecule has 0 amide bonds. The summed E-state index contributed by atoms with van der Waals surface area (Å²) in [5.74, 6) is 0. The van der Waals surface area contributed by atoms with E-state index >= 15 is 0 Å². The van der Waals surface area contributed by atoms with Crippen molar-refractivity contribution in [2.75, 3.05) is 13.1 Å². The third-order valence-electron chi connectivity index (χ3n) is 1.95. The first-order chi connectivity index (χ1) is 6.24. The summed E-state index contributed by atoms with van der Waals surface area (Å²) in [6.07, 6.45) is 2.46. The van der Waals surface area contributed by atoms with Crippen LogP contribution in [0.15, 0.2) is 12.4 Å². The number of nitrogens with zero attached hydrogens (tertiary/aromatic N) is 3. The van der Waals surface area contributed by atoms with Crippen molar-refractivity contribution < 1.29 is 4.39 Å². The zero-order valence-electron chi connectivity index (χ0n) is 6.95. The molecular weight excluding hydrogens is 193 g/mol. The van der Waals surface area contributed by atoms with Crippen molar-refractivity contribution in [1.82, 2.24) is 14.9 Å². The van der Waals surface area contributed by atoms with Gasteiger partial charge in [-0.2, -0.15) is 0 Å². The highest BCUT2D eigenvalue weighted by Crippen LogP contribution is 2.14. The highest BCUT2D eigenvalue weighted by atomic mass is 35.5. The Morgan fingerprint density at radius 1 is 1.54 bits per heavy atom. The minimum absolute atomic E-state index is 0.384. The fraction of sp³-hybridized carbons (Fsp3) is 0.500. The zero-order chi connectivity index (χ0) is 9.26. The standard InChI is InChI=1S/C8H9ClFN3/c9-8-2-11-1-7(12-8)5-13-3-6(10)4-13/h1-2,6H,3-5H2. The lowest BCUT2D eigenvalue weighted by Crippen LogP contribution is -2.47. The van der Waals surface area contributed by atoms with Gasteiger partial charge in [0.25, 0.3) is 0 Å². The van der Waals surface area contributed by atoms with Gasteiger partial charge < -0.3 is 0 Å². The lowest BCUT2D eigenvalue weighted by Gasteiger charge is -2.33. The first-order valence-electron chi connectivity index (χ1n) is 4.07. The van der Waals surface area contributed by atoms with Crippen molar-refractivity contribution in [2.24, 2.45) is 0 Å². The summed E-state index contributed by atoms with van der Waals surface area (Å²) in [5, 5.41) is 0.384. The molecule has 1 aromatic rings. The Labute approximate surface area is 80.6 Å². The van der Waals surface area contributed by atoms with Crippen LogP contribution in [0.5, 0.6) is 0 Å². The predicted molar refractivity (Wildman–Crippen MR) is 47.2 cm³/mol. The summed E-state index contributed by atoms with van der Waals surface area (Å²) in [5.41, 5.74) is 0.791. The molecule has 70 valence electrons. The van der Waals surface area contributed by atoms with Crippen molar-refractivity contribution >= 4 is 11.6 Å². The van der Waals surface area contributed by atoms with Gasteiger partial charge in [-0.05, 0) is 0 Å². The molecule has 1 fully saturated rings. The van der Waals surface area contributed by atoms with Gasteiger partial charge in [0.1, 0.15) is 11.3 Å². The van der Waals surface area contributed by atoms with Crippen LogP contribution >= 0.6 is 11.6 Å². The van der Waals surface area contributed by atoms with Crippen LogP contribution in [0.4, 0.5) is 4.39 Å². The second-order valence-corrected chi connectivity index (χ2v) is 3.51. The molecule has 0 bridgehead atoms. The molecule has 0 spiro atoms. The number of hydrogen-bond acceptors (Lipinski definition) is 3. The maximum absolute atomic E-state index is 12.4. The third kappa shape index (κ3) is 2.14. The van der Waals surface area contributed by atoms with E-state index in [2.05, 4.69) is 9.97 Å². The van der Waals surface area contributed by atoms with Gasteiger partial charge in [0, 0.05) is 25.8 Å². The third-order valence-corrected chi connectivity index (χ3v) is 2.14. The van der Waals surface area contributed by atoms with E-state index in [1.165, 1.54) is 6.20 Å². The smallest absolute Gasteiger partial charge is 0.147 e. The quantitative estimate of drug-likeness (QED) is 0.722. The Morgan fingerprint density at radius 2 is 2.31 bits per heavy atom. The summed E-state index contributed by atoms with van der Waals surface area (Å²) < 4.78 is 12.4. The predicted octanol–water partition coefficient (Wildman–Crippen LogP) is 1.28. The molecule has 1 aliphatic rings. The van der Waals surface area contributed by atoms with E-state index in [0.717, 1.165) is 5.69 Å². The van der Waals surface area contributed by atoms with Crippen LogP contribution in [0.3, 0.4) is 0 Å². The molecule has 1 saturated heterocycles. The van der Waals surface area contributed by atoms with Gasteiger partial charge >= 0.3 is 0 Å². The van der Waals surface area contributed by atoms with Crippen molar-refractivity contribution in [3.63, 3.8) is 0 Å². The van der Waals surface area contributed by atoms with Crippen LogP contribution in [-0.4, -0.2) is 34.1 Å². The lowest BCUT2D eigenvalue weighted by molar-refractivity contribution is 0.0579. The minimum Gasteiger partial charge on any atom is -0.292 e. The number of alkyl halides is 1. The summed E-state index contributed by atoms with van der Waals surface area (Å²) in [7, 11) is 0. The number of halogens is 2. The Hall–Kier alpha value is -0.740. The van der Waals surface area contributed by atoms with Gasteiger partial charge in [-0.25, -0.2) is 9.37 Å². The second kappa shape index (κ2) is 3.55. The molecule has 0 saturated carbocycles. The van der Waals surface area contributed by atoms with E-state index in [1.807, 2.05) is 4.90 Å². The van der Waals surface area contributed by atoms with Gasteiger partial charge in [0.15, 0.2) is 0 Å². The average molecular weight is 202 g/mol. The van der Waals surface area contributed by atoms with Gasteiger partial charge in [0.2, 0.25) is 0 Å². The molecule has 0 aromatic carbocycles. The Kier molecular flexibility index (Phi) is 2.42. The molecule has 0 N–H and O–H groups in total. The van der Waals surface area contributed by atoms with Crippen LogP contribution in [-0.2, 0) is 6.54 Å². The van der Waals surface area contributed by atoms with Crippen molar-refractivity contribution in [3.05, 3.63) is 23.2 Å². The topological polar surface area (TPSA) is 29.0 Å². The van der Waals surface area contributed by atoms with Gasteiger partial charge in [0.05, 0.1) is 11.9 Å². The zero-order valence-corrected chi connectivity index (χ0v) is 7.71. The van der Waals surface area contributed by atoms with Crippen molar-refractivity contribution in [3.8, 4) is 0 Å². The van der Waals surface area contributed by atoms with Crippen LogP contribution in [0.1, 0.15) is 5.69 Å². The van der Waals surface area contributed by atoms with Crippen molar-refractivity contribution in [2.45, 2.75) is 12.7 Å². The maximum atomic E-state index is 12.4. The molecule has 2 rings (SSSR count). The van der Waals surface area contributed by atoms with E-state index in [-0.39, 0.29) is 0 Å². The van der Waals surface area contributed by atoms with E-state index in [1.54, 1.807) is 6.20 Å². The number of rotatable bonds is 2. The molecule has 3 nitrogen and oxygen atoms in total. The van der Waals surface area contributed by atoms with E-state index in [4.69, 9.17) is 11.6 Å². The molecule has 0 aliphatic carbocycles. The molecule has 1 aliphatic heterocycles. The van der Waals surface area contributed by atoms with E-state index in [0.29, 0.717) is 24.8 Å². The minimum atomic E-state index is -0.674. The van der Waals surface area contributed by atoms with E-state index < -0.39 is 6.17 Å².